The molecular weight excluding hydrogens is 244 g/mol. The van der Waals surface area contributed by atoms with Gasteiger partial charge >= 0.3 is 5.76 Å². The fourth-order valence-corrected chi connectivity index (χ4v) is 1.78. The quantitative estimate of drug-likeness (QED) is 0.654. The smallest absolute Gasteiger partial charge is 0.407 e. The molecule has 0 atom stereocenters. The summed E-state index contributed by atoms with van der Waals surface area (Å²) < 4.78 is 7.86. The summed E-state index contributed by atoms with van der Waals surface area (Å²) in [6, 6.07) is 4.93. The molecule has 0 aliphatic heterocycles. The number of hydrogen-bond donors (Lipinski definition) is 0. The van der Waals surface area contributed by atoms with E-state index >= 15 is 0 Å². The van der Waals surface area contributed by atoms with Crippen molar-refractivity contribution in [2.45, 2.75) is 0 Å². The molecule has 0 radical (unpaired) electrons. The summed E-state index contributed by atoms with van der Waals surface area (Å²) in [4.78, 5) is 15.7. The number of aromatic nitrogens is 4. The first kappa shape index (κ1) is 10.1. The van der Waals surface area contributed by atoms with Crippen LogP contribution in [0.25, 0.3) is 17.0 Å². The van der Waals surface area contributed by atoms with Gasteiger partial charge in [0.15, 0.2) is 5.58 Å². The van der Waals surface area contributed by atoms with Gasteiger partial charge in [0.1, 0.15) is 6.33 Å². The van der Waals surface area contributed by atoms with Crippen molar-refractivity contribution >= 4 is 22.7 Å². The Kier molecular flexibility index (Phi) is 2.05. The first-order valence-corrected chi connectivity index (χ1v) is 5.20. The molecule has 0 spiro atoms. The standard InChI is InChI=1S/C10H7ClN4O2/c1-14-5-12-9(13-14)15-7-4-6(11)2-3-8(7)17-10(15)16/h2-5H,1H3. The molecule has 7 heteroatoms. The normalized spacial score (nSPS) is 11.2. The fourth-order valence-electron chi connectivity index (χ4n) is 1.61. The average molecular weight is 251 g/mol. The predicted octanol–water partition coefficient (Wildman–Crippen LogP) is 1.37. The maximum absolute atomic E-state index is 11.7. The Balaban J connectivity index is 2.39. The van der Waals surface area contributed by atoms with Gasteiger partial charge in [-0.05, 0) is 18.2 Å². The van der Waals surface area contributed by atoms with E-state index in [2.05, 4.69) is 10.1 Å². The van der Waals surface area contributed by atoms with Gasteiger partial charge < -0.3 is 4.42 Å². The number of aryl methyl sites for hydroxylation is 1. The Morgan fingerprint density at radius 1 is 1.41 bits per heavy atom. The summed E-state index contributed by atoms with van der Waals surface area (Å²) >= 11 is 5.89. The lowest BCUT2D eigenvalue weighted by atomic mass is 10.3. The van der Waals surface area contributed by atoms with Crippen LogP contribution in [0.3, 0.4) is 0 Å². The topological polar surface area (TPSA) is 65.8 Å². The largest absolute Gasteiger partial charge is 0.427 e. The number of hydrogen-bond acceptors (Lipinski definition) is 4. The second-order valence-electron chi connectivity index (χ2n) is 3.53. The summed E-state index contributed by atoms with van der Waals surface area (Å²) in [6.45, 7) is 0. The Labute approximate surface area is 100 Å². The number of fused-ring (bicyclic) bond motifs is 1. The highest BCUT2D eigenvalue weighted by atomic mass is 35.5. The van der Waals surface area contributed by atoms with Gasteiger partial charge in [-0.1, -0.05) is 11.6 Å². The average Bonchev–Trinajstić information content (AvgIpc) is 2.81. The molecule has 0 fully saturated rings. The fraction of sp³-hybridized carbons (Fsp3) is 0.100. The number of nitrogens with zero attached hydrogens (tertiary/aromatic N) is 4. The molecule has 3 rings (SSSR count). The maximum atomic E-state index is 11.7. The van der Waals surface area contributed by atoms with E-state index in [4.69, 9.17) is 16.0 Å². The van der Waals surface area contributed by atoms with Crippen LogP contribution in [0, 0.1) is 0 Å². The SMILES string of the molecule is Cn1cnc(-n2c(=O)oc3ccc(Cl)cc32)n1. The minimum absolute atomic E-state index is 0.263. The molecule has 0 saturated carbocycles. The van der Waals surface area contributed by atoms with E-state index in [9.17, 15) is 4.79 Å². The number of benzene rings is 1. The molecule has 86 valence electrons. The van der Waals surface area contributed by atoms with Gasteiger partial charge in [0, 0.05) is 12.1 Å². The van der Waals surface area contributed by atoms with E-state index in [0.717, 1.165) is 0 Å². The molecule has 0 unspecified atom stereocenters. The van der Waals surface area contributed by atoms with Crippen LogP contribution >= 0.6 is 11.6 Å². The van der Waals surface area contributed by atoms with Crippen LogP contribution in [-0.4, -0.2) is 19.3 Å². The van der Waals surface area contributed by atoms with Crippen LogP contribution < -0.4 is 5.76 Å². The molecule has 3 aromatic rings. The van der Waals surface area contributed by atoms with Gasteiger partial charge in [0.25, 0.3) is 5.95 Å². The van der Waals surface area contributed by atoms with Gasteiger partial charge in [-0.2, -0.15) is 4.98 Å². The van der Waals surface area contributed by atoms with Crippen molar-refractivity contribution in [2.75, 3.05) is 0 Å². The molecule has 2 aromatic heterocycles. The van der Waals surface area contributed by atoms with Crippen molar-refractivity contribution in [2.24, 2.45) is 7.05 Å². The first-order valence-electron chi connectivity index (χ1n) is 4.82. The zero-order chi connectivity index (χ0) is 12.0. The lowest BCUT2D eigenvalue weighted by Crippen LogP contribution is -2.13. The van der Waals surface area contributed by atoms with Crippen molar-refractivity contribution in [3.63, 3.8) is 0 Å². The minimum atomic E-state index is -0.534. The van der Waals surface area contributed by atoms with Crippen LogP contribution in [0.2, 0.25) is 5.02 Å². The molecule has 17 heavy (non-hydrogen) atoms. The van der Waals surface area contributed by atoms with Crippen LogP contribution in [0.1, 0.15) is 0 Å². The Morgan fingerprint density at radius 3 is 2.94 bits per heavy atom. The predicted molar refractivity (Wildman–Crippen MR) is 61.4 cm³/mol. The van der Waals surface area contributed by atoms with Crippen LogP contribution in [-0.2, 0) is 7.05 Å². The second-order valence-corrected chi connectivity index (χ2v) is 3.97. The summed E-state index contributed by atoms with van der Waals surface area (Å²) in [5, 5.41) is 4.58. The molecule has 0 N–H and O–H groups in total. The summed E-state index contributed by atoms with van der Waals surface area (Å²) in [5.74, 6) is -0.271. The lowest BCUT2D eigenvalue weighted by Gasteiger charge is -1.95. The molecular formula is C10H7ClN4O2. The molecule has 0 bridgehead atoms. The minimum Gasteiger partial charge on any atom is -0.407 e. The first-order chi connectivity index (χ1) is 8.15. The highest BCUT2D eigenvalue weighted by molar-refractivity contribution is 6.31. The zero-order valence-corrected chi connectivity index (χ0v) is 9.55. The third kappa shape index (κ3) is 1.53. The van der Waals surface area contributed by atoms with Crippen molar-refractivity contribution in [1.82, 2.24) is 19.3 Å². The number of oxazole rings is 1. The molecule has 2 heterocycles. The van der Waals surface area contributed by atoms with Gasteiger partial charge in [-0.3, -0.25) is 4.68 Å². The van der Waals surface area contributed by atoms with Gasteiger partial charge in [-0.15, -0.1) is 5.10 Å². The zero-order valence-electron chi connectivity index (χ0n) is 8.79. The van der Waals surface area contributed by atoms with Crippen molar-refractivity contribution in [3.05, 3.63) is 40.1 Å². The third-order valence-electron chi connectivity index (χ3n) is 2.33. The summed E-state index contributed by atoms with van der Waals surface area (Å²) in [5.41, 5.74) is 1.00. The molecule has 1 aromatic carbocycles. The Morgan fingerprint density at radius 2 is 2.24 bits per heavy atom. The number of halogens is 1. The lowest BCUT2D eigenvalue weighted by molar-refractivity contribution is 0.536. The highest BCUT2D eigenvalue weighted by Crippen LogP contribution is 2.19. The van der Waals surface area contributed by atoms with Crippen LogP contribution in [0.5, 0.6) is 0 Å². The van der Waals surface area contributed by atoms with Crippen molar-refractivity contribution < 1.29 is 4.42 Å². The van der Waals surface area contributed by atoms with E-state index in [1.807, 2.05) is 0 Å². The maximum Gasteiger partial charge on any atom is 0.427 e. The monoisotopic (exact) mass is 250 g/mol. The van der Waals surface area contributed by atoms with Gasteiger partial charge in [-0.25, -0.2) is 9.36 Å². The molecule has 0 aliphatic rings. The van der Waals surface area contributed by atoms with Crippen LogP contribution in [0.4, 0.5) is 0 Å². The van der Waals surface area contributed by atoms with E-state index in [1.54, 1.807) is 25.2 Å². The number of rotatable bonds is 1. The van der Waals surface area contributed by atoms with E-state index in [-0.39, 0.29) is 5.95 Å². The molecule has 0 amide bonds. The van der Waals surface area contributed by atoms with Crippen molar-refractivity contribution in [3.8, 4) is 5.95 Å². The molecule has 0 aliphatic carbocycles. The Bertz CT molecular complexity index is 755. The highest BCUT2D eigenvalue weighted by Gasteiger charge is 2.14. The molecule has 0 saturated heterocycles. The van der Waals surface area contributed by atoms with E-state index in [0.29, 0.717) is 16.1 Å². The Hall–Kier alpha value is -2.08. The van der Waals surface area contributed by atoms with Gasteiger partial charge in [0.05, 0.1) is 5.52 Å². The van der Waals surface area contributed by atoms with Crippen LogP contribution in [0.15, 0.2) is 33.7 Å². The summed E-state index contributed by atoms with van der Waals surface area (Å²) in [7, 11) is 1.72. The summed E-state index contributed by atoms with van der Waals surface area (Å²) in [6.07, 6.45) is 1.51. The van der Waals surface area contributed by atoms with Gasteiger partial charge in [0.2, 0.25) is 0 Å². The van der Waals surface area contributed by atoms with E-state index < -0.39 is 5.76 Å². The second kappa shape index (κ2) is 3.46. The van der Waals surface area contributed by atoms with Crippen molar-refractivity contribution in [1.29, 1.82) is 0 Å². The molecule has 6 nitrogen and oxygen atoms in total. The van der Waals surface area contributed by atoms with E-state index in [1.165, 1.54) is 15.6 Å². The third-order valence-corrected chi connectivity index (χ3v) is 2.56.